The maximum atomic E-state index is 7.30. The highest BCUT2D eigenvalue weighted by atomic mass is 79.9. The first-order valence-electron chi connectivity index (χ1n) is 4.83. The molecule has 0 saturated carbocycles. The molecule has 0 heterocycles. The van der Waals surface area contributed by atoms with Crippen LogP contribution in [0, 0.1) is 5.41 Å². The molecule has 0 bridgehead atoms. The number of halogens is 1. The van der Waals surface area contributed by atoms with E-state index in [1.165, 1.54) is 0 Å². The molecule has 0 fully saturated rings. The molecule has 15 heavy (non-hydrogen) atoms. The van der Waals surface area contributed by atoms with Gasteiger partial charge in [-0.2, -0.15) is 0 Å². The molecule has 0 aliphatic carbocycles. The number of benzene rings is 1. The van der Waals surface area contributed by atoms with Crippen LogP contribution >= 0.6 is 15.9 Å². The van der Waals surface area contributed by atoms with E-state index in [9.17, 15) is 0 Å². The molecule has 1 atom stereocenters. The molecule has 0 spiro atoms. The molecular weight excluding hydrogens is 256 g/mol. The van der Waals surface area contributed by atoms with Crippen LogP contribution in [0.3, 0.4) is 0 Å². The lowest BCUT2D eigenvalue weighted by atomic mass is 10.2. The van der Waals surface area contributed by atoms with Gasteiger partial charge >= 0.3 is 0 Å². The number of hydrogen-bond donors (Lipinski definition) is 2. The van der Waals surface area contributed by atoms with Gasteiger partial charge in [0.25, 0.3) is 0 Å². The van der Waals surface area contributed by atoms with Gasteiger partial charge in [0.05, 0.1) is 6.61 Å². The minimum atomic E-state index is -0.270. The van der Waals surface area contributed by atoms with Gasteiger partial charge < -0.3 is 10.5 Å². The molecule has 0 saturated heterocycles. The van der Waals surface area contributed by atoms with Crippen LogP contribution in [0.25, 0.3) is 0 Å². The Hall–Kier alpha value is -0.870. The molecule has 0 amide bonds. The van der Waals surface area contributed by atoms with Crippen molar-refractivity contribution in [2.24, 2.45) is 5.73 Å². The second kappa shape index (κ2) is 5.88. The summed E-state index contributed by atoms with van der Waals surface area (Å²) >= 11 is 3.37. The fourth-order valence-electron chi connectivity index (χ4n) is 1.20. The van der Waals surface area contributed by atoms with Crippen molar-refractivity contribution in [1.29, 1.82) is 5.41 Å². The monoisotopic (exact) mass is 270 g/mol. The second-order valence-corrected chi connectivity index (χ2v) is 4.21. The van der Waals surface area contributed by atoms with E-state index in [1.807, 2.05) is 31.2 Å². The Balaban J connectivity index is 2.49. The minimum Gasteiger partial charge on any atom is -0.385 e. The first-order chi connectivity index (χ1) is 7.13. The van der Waals surface area contributed by atoms with E-state index in [-0.39, 0.29) is 11.9 Å². The number of ether oxygens (including phenoxy) is 1. The molecule has 0 radical (unpaired) electrons. The molecule has 0 aliphatic heterocycles. The average Bonchev–Trinajstić information content (AvgIpc) is 2.21. The third kappa shape index (κ3) is 4.01. The average molecular weight is 271 g/mol. The zero-order chi connectivity index (χ0) is 11.3. The van der Waals surface area contributed by atoms with Crippen molar-refractivity contribution in [3.8, 4) is 0 Å². The number of nitrogens with two attached hydrogens (primary N) is 1. The Morgan fingerprint density at radius 1 is 1.47 bits per heavy atom. The zero-order valence-corrected chi connectivity index (χ0v) is 10.3. The largest absolute Gasteiger partial charge is 0.385 e. The molecule has 82 valence electrons. The zero-order valence-electron chi connectivity index (χ0n) is 8.66. The van der Waals surface area contributed by atoms with Crippen LogP contribution in [-0.2, 0) is 11.3 Å². The summed E-state index contributed by atoms with van der Waals surface area (Å²) in [4.78, 5) is 0. The van der Waals surface area contributed by atoms with Crippen molar-refractivity contribution in [2.75, 3.05) is 0 Å². The fourth-order valence-corrected chi connectivity index (χ4v) is 1.47. The summed E-state index contributed by atoms with van der Waals surface area (Å²) in [5.74, 6) is 0.0922. The highest BCUT2D eigenvalue weighted by Crippen LogP contribution is 2.12. The lowest BCUT2D eigenvalue weighted by molar-refractivity contribution is 0.0808. The van der Waals surface area contributed by atoms with Crippen LogP contribution < -0.4 is 5.73 Å². The summed E-state index contributed by atoms with van der Waals surface area (Å²) in [5, 5.41) is 7.30. The van der Waals surface area contributed by atoms with E-state index in [4.69, 9.17) is 15.9 Å². The van der Waals surface area contributed by atoms with Gasteiger partial charge in [-0.1, -0.05) is 35.0 Å². The van der Waals surface area contributed by atoms with Crippen molar-refractivity contribution in [2.45, 2.75) is 26.1 Å². The summed E-state index contributed by atoms with van der Waals surface area (Å²) < 4.78 is 6.56. The Bertz CT molecular complexity index is 324. The molecule has 1 unspecified atom stereocenters. The van der Waals surface area contributed by atoms with E-state index >= 15 is 0 Å². The SMILES string of the molecule is CCC(OCc1ccc(Br)cc1)C(=N)N. The maximum Gasteiger partial charge on any atom is 0.120 e. The standard InChI is InChI=1S/C11H15BrN2O/c1-2-10(11(13)14)15-7-8-3-5-9(12)6-4-8/h3-6,10H,2,7H2,1H3,(H3,13,14). The van der Waals surface area contributed by atoms with E-state index < -0.39 is 0 Å². The van der Waals surface area contributed by atoms with Crippen molar-refractivity contribution in [1.82, 2.24) is 0 Å². The summed E-state index contributed by atoms with van der Waals surface area (Å²) in [6.07, 6.45) is 0.458. The van der Waals surface area contributed by atoms with Crippen molar-refractivity contribution < 1.29 is 4.74 Å². The molecular formula is C11H15BrN2O. The maximum absolute atomic E-state index is 7.30. The first kappa shape index (κ1) is 12.2. The van der Waals surface area contributed by atoms with Gasteiger partial charge in [-0.15, -0.1) is 0 Å². The van der Waals surface area contributed by atoms with E-state index in [2.05, 4.69) is 15.9 Å². The van der Waals surface area contributed by atoms with Crippen LogP contribution in [0.5, 0.6) is 0 Å². The molecule has 0 aliphatic rings. The Morgan fingerprint density at radius 3 is 2.53 bits per heavy atom. The van der Waals surface area contributed by atoms with Gasteiger partial charge in [0.1, 0.15) is 11.9 Å². The van der Waals surface area contributed by atoms with Gasteiger partial charge in [-0.3, -0.25) is 5.41 Å². The number of amidine groups is 1. The third-order valence-electron chi connectivity index (χ3n) is 2.08. The van der Waals surface area contributed by atoms with Gasteiger partial charge in [0, 0.05) is 4.47 Å². The molecule has 1 aromatic carbocycles. The molecule has 1 aromatic rings. The summed E-state index contributed by atoms with van der Waals surface area (Å²) in [7, 11) is 0. The first-order valence-corrected chi connectivity index (χ1v) is 5.62. The van der Waals surface area contributed by atoms with Crippen LogP contribution in [0.1, 0.15) is 18.9 Å². The van der Waals surface area contributed by atoms with Crippen molar-refractivity contribution in [3.63, 3.8) is 0 Å². The highest BCUT2D eigenvalue weighted by Gasteiger charge is 2.09. The third-order valence-corrected chi connectivity index (χ3v) is 2.61. The van der Waals surface area contributed by atoms with Crippen molar-refractivity contribution in [3.05, 3.63) is 34.3 Å². The van der Waals surface area contributed by atoms with Crippen LogP contribution in [0.2, 0.25) is 0 Å². The van der Waals surface area contributed by atoms with E-state index in [1.54, 1.807) is 0 Å². The Labute approximate surface area is 98.3 Å². The van der Waals surface area contributed by atoms with Crippen molar-refractivity contribution >= 4 is 21.8 Å². The fraction of sp³-hybridized carbons (Fsp3) is 0.364. The highest BCUT2D eigenvalue weighted by molar-refractivity contribution is 9.10. The summed E-state index contributed by atoms with van der Waals surface area (Å²) in [6, 6.07) is 7.90. The Morgan fingerprint density at radius 2 is 2.07 bits per heavy atom. The van der Waals surface area contributed by atoms with Crippen LogP contribution in [0.15, 0.2) is 28.7 Å². The summed E-state index contributed by atoms with van der Waals surface area (Å²) in [5.41, 5.74) is 6.47. The van der Waals surface area contributed by atoms with Gasteiger partial charge in [-0.25, -0.2) is 0 Å². The predicted octanol–water partition coefficient (Wildman–Crippen LogP) is 2.68. The van der Waals surface area contributed by atoms with Crippen LogP contribution in [0.4, 0.5) is 0 Å². The molecule has 4 heteroatoms. The smallest absolute Gasteiger partial charge is 0.120 e. The quantitative estimate of drug-likeness (QED) is 0.639. The van der Waals surface area contributed by atoms with Crippen LogP contribution in [-0.4, -0.2) is 11.9 Å². The summed E-state index contributed by atoms with van der Waals surface area (Å²) in [6.45, 7) is 2.44. The topological polar surface area (TPSA) is 59.1 Å². The Kier molecular flexibility index (Phi) is 4.78. The predicted molar refractivity (Wildman–Crippen MR) is 64.9 cm³/mol. The number of nitrogens with one attached hydrogen (secondary N) is 1. The van der Waals surface area contributed by atoms with E-state index in [0.29, 0.717) is 6.61 Å². The number of hydrogen-bond acceptors (Lipinski definition) is 2. The lowest BCUT2D eigenvalue weighted by Crippen LogP contribution is -2.29. The van der Waals surface area contributed by atoms with E-state index in [0.717, 1.165) is 16.5 Å². The van der Waals surface area contributed by atoms with Gasteiger partial charge in [0.15, 0.2) is 0 Å². The normalized spacial score (nSPS) is 12.4. The molecule has 3 nitrogen and oxygen atoms in total. The molecule has 0 aromatic heterocycles. The number of rotatable bonds is 5. The molecule has 1 rings (SSSR count). The molecule has 3 N–H and O–H groups in total. The van der Waals surface area contributed by atoms with Gasteiger partial charge in [-0.05, 0) is 24.1 Å². The lowest BCUT2D eigenvalue weighted by Gasteiger charge is -2.14. The second-order valence-electron chi connectivity index (χ2n) is 3.29. The minimum absolute atomic E-state index is 0.0922. The van der Waals surface area contributed by atoms with Gasteiger partial charge in [0.2, 0.25) is 0 Å².